The molecule has 0 aromatic heterocycles. The van der Waals surface area contributed by atoms with Gasteiger partial charge in [0.1, 0.15) is 0 Å². The summed E-state index contributed by atoms with van der Waals surface area (Å²) in [6.45, 7) is 24.0. The van der Waals surface area contributed by atoms with Crippen molar-refractivity contribution >= 4 is 6.48 Å². The SMILES string of the molecule is CCCCCCCC[C](CCCCCCCC)=[Zr+2]([C]1=CC=CC1)[c]1c2c(cc(C(C)(C)C)c1-c1ccccc1C)-c1cc(C(C)(C)C)c(-c3ccccc3C)cc1C2.[Cl-].[Cl-]. The van der Waals surface area contributed by atoms with Crippen LogP contribution in [0.4, 0.5) is 0 Å². The van der Waals surface area contributed by atoms with E-state index in [1.54, 1.807) is 16.7 Å². The Hall–Kier alpha value is -2.31. The third kappa shape index (κ3) is 11.8. The third-order valence-corrected chi connectivity index (χ3v) is 21.2. The van der Waals surface area contributed by atoms with E-state index in [-0.39, 0.29) is 35.6 Å². The molecule has 0 aliphatic heterocycles. The van der Waals surface area contributed by atoms with E-state index in [0.29, 0.717) is 0 Å². The molecule has 2 aliphatic rings. The number of halogens is 2. The Morgan fingerprint density at radius 2 is 1.08 bits per heavy atom. The Labute approximate surface area is 387 Å². The van der Waals surface area contributed by atoms with Gasteiger partial charge in [0.05, 0.1) is 0 Å². The molecule has 4 aromatic rings. The van der Waals surface area contributed by atoms with E-state index in [2.05, 4.69) is 154 Å². The average Bonchev–Trinajstić information content (AvgIpc) is 3.85. The molecule has 0 radical (unpaired) electrons. The van der Waals surface area contributed by atoms with Crippen molar-refractivity contribution in [2.24, 2.45) is 0 Å². The molecule has 0 saturated carbocycles. The summed E-state index contributed by atoms with van der Waals surface area (Å²) in [5.74, 6) is 0. The van der Waals surface area contributed by atoms with Crippen molar-refractivity contribution in [2.75, 3.05) is 0 Å². The molecule has 0 nitrogen and oxygen atoms in total. The second-order valence-corrected chi connectivity index (χ2v) is 26.3. The first-order valence-corrected chi connectivity index (χ1v) is 27.1. The van der Waals surface area contributed by atoms with E-state index in [9.17, 15) is 0 Å². The summed E-state index contributed by atoms with van der Waals surface area (Å²) < 4.78 is 5.63. The van der Waals surface area contributed by atoms with Gasteiger partial charge in [-0.2, -0.15) is 0 Å². The molecule has 0 amide bonds. The number of hydrogen-bond acceptors (Lipinski definition) is 0. The maximum atomic E-state index is 2.69. The molecule has 0 saturated heterocycles. The Morgan fingerprint density at radius 3 is 1.60 bits per heavy atom. The van der Waals surface area contributed by atoms with Crippen molar-refractivity contribution in [3.8, 4) is 33.4 Å². The van der Waals surface area contributed by atoms with E-state index in [0.717, 1.165) is 12.8 Å². The van der Waals surface area contributed by atoms with Gasteiger partial charge in [-0.3, -0.25) is 0 Å². The molecular formula is C57H76Cl2Zr. The van der Waals surface area contributed by atoms with Crippen LogP contribution in [0, 0.1) is 13.8 Å². The molecule has 4 aromatic carbocycles. The van der Waals surface area contributed by atoms with Crippen LogP contribution in [0.3, 0.4) is 0 Å². The number of fused-ring (bicyclic) bond motifs is 3. The van der Waals surface area contributed by atoms with E-state index in [1.165, 1.54) is 140 Å². The summed E-state index contributed by atoms with van der Waals surface area (Å²) in [6, 6.07) is 26.4. The predicted molar refractivity (Wildman–Crippen MR) is 255 cm³/mol. The number of unbranched alkanes of at least 4 members (excludes halogenated alkanes) is 10. The van der Waals surface area contributed by atoms with Crippen LogP contribution in [0.1, 0.15) is 185 Å². The maximum absolute atomic E-state index is 2.69. The van der Waals surface area contributed by atoms with Crippen LogP contribution in [0.15, 0.2) is 88.2 Å². The normalized spacial score (nSPS) is 12.9. The first-order valence-electron chi connectivity index (χ1n) is 23.4. The average molecular weight is 923 g/mol. The van der Waals surface area contributed by atoms with Gasteiger partial charge in [0.2, 0.25) is 0 Å². The molecule has 322 valence electrons. The Balaban J connectivity index is 0.00000397. The molecule has 0 atom stereocenters. The smallest absolute Gasteiger partial charge is 1.00 e. The molecule has 0 heterocycles. The maximum Gasteiger partial charge on any atom is -1.00 e. The molecule has 0 fully saturated rings. The number of hydrogen-bond donors (Lipinski definition) is 0. The van der Waals surface area contributed by atoms with Crippen LogP contribution >= 0.6 is 0 Å². The minimum atomic E-state index is -2.69. The first-order chi connectivity index (χ1) is 27.8. The van der Waals surface area contributed by atoms with Crippen molar-refractivity contribution in [1.82, 2.24) is 0 Å². The van der Waals surface area contributed by atoms with Crippen LogP contribution < -0.4 is 28.1 Å². The van der Waals surface area contributed by atoms with Crippen LogP contribution in [-0.4, -0.2) is 3.21 Å². The van der Waals surface area contributed by atoms with Gasteiger partial charge in [0.25, 0.3) is 0 Å². The largest absolute Gasteiger partial charge is 1.00 e. The molecule has 2 aliphatic carbocycles. The van der Waals surface area contributed by atoms with Crippen LogP contribution in [0.2, 0.25) is 0 Å². The summed E-state index contributed by atoms with van der Waals surface area (Å²) in [5.41, 5.74) is 17.9. The zero-order valence-electron chi connectivity index (χ0n) is 39.2. The Bertz CT molecular complexity index is 2130. The van der Waals surface area contributed by atoms with Gasteiger partial charge in [0.15, 0.2) is 0 Å². The van der Waals surface area contributed by atoms with Crippen molar-refractivity contribution in [2.45, 2.75) is 183 Å². The van der Waals surface area contributed by atoms with E-state index in [1.807, 2.05) is 9.76 Å². The van der Waals surface area contributed by atoms with Crippen molar-refractivity contribution < 1.29 is 46.1 Å². The summed E-state index contributed by atoms with van der Waals surface area (Å²) in [5, 5.41) is 0. The van der Waals surface area contributed by atoms with Gasteiger partial charge in [-0.1, -0.05) is 0 Å². The molecule has 0 unspecified atom stereocenters. The fourth-order valence-electron chi connectivity index (χ4n) is 9.91. The monoisotopic (exact) mass is 920 g/mol. The summed E-state index contributed by atoms with van der Waals surface area (Å²) >= 11 is -2.69. The number of aryl methyl sites for hydroxylation is 2. The van der Waals surface area contributed by atoms with Gasteiger partial charge >= 0.3 is 366 Å². The topological polar surface area (TPSA) is 0 Å². The molecule has 6 rings (SSSR count). The van der Waals surface area contributed by atoms with Gasteiger partial charge in [-0.25, -0.2) is 0 Å². The predicted octanol–water partition coefficient (Wildman–Crippen LogP) is 10.6. The molecule has 60 heavy (non-hydrogen) atoms. The van der Waals surface area contributed by atoms with Gasteiger partial charge < -0.3 is 24.8 Å². The first kappa shape index (κ1) is 50.3. The summed E-state index contributed by atoms with van der Waals surface area (Å²) in [6.07, 6.45) is 28.7. The molecule has 0 bridgehead atoms. The van der Waals surface area contributed by atoms with E-state index < -0.39 is 21.3 Å². The van der Waals surface area contributed by atoms with Crippen molar-refractivity contribution in [1.29, 1.82) is 0 Å². The molecular weight excluding hydrogens is 847 g/mol. The summed E-state index contributed by atoms with van der Waals surface area (Å²) in [4.78, 5) is 0. The minimum Gasteiger partial charge on any atom is -1.00 e. The zero-order valence-corrected chi connectivity index (χ0v) is 43.1. The molecule has 3 heteroatoms. The van der Waals surface area contributed by atoms with Gasteiger partial charge in [-0.05, 0) is 0 Å². The standard InChI is InChI=1S/C35H37.C17H34.C5H5.2ClH.Zr/c1-22-13-9-11-15-26(22)30-18-24-17-25-19-31(27-16-12-10-14-23(27)2)33(35(6,7)8)21-29(25)28(24)20-32(30)34(3,4)5;1-3-5-7-9-11-13-15-17-16-14-12-10-8-6-4-2;1-2-4-5-3-1;;;/h9-16,18,20-21H,17H2,1-8H3;3-16H2,1-2H3;1-3H,4H2;2*1H;/q;;;;;+2/p-2. The second-order valence-electron chi connectivity index (χ2n) is 19.9. The van der Waals surface area contributed by atoms with Gasteiger partial charge in [-0.15, -0.1) is 0 Å². The Kier molecular flexibility index (Phi) is 19.2. The van der Waals surface area contributed by atoms with E-state index >= 15 is 0 Å². The fraction of sp³-hybridized carbons (Fsp3) is 0.491. The molecule has 0 N–H and O–H groups in total. The second kappa shape index (κ2) is 22.9. The van der Waals surface area contributed by atoms with Gasteiger partial charge in [0, 0.05) is 0 Å². The van der Waals surface area contributed by atoms with E-state index in [4.69, 9.17) is 0 Å². The molecule has 0 spiro atoms. The van der Waals surface area contributed by atoms with Crippen molar-refractivity contribution in [3.05, 3.63) is 122 Å². The zero-order chi connectivity index (χ0) is 41.5. The minimum absolute atomic E-state index is 0. The van der Waals surface area contributed by atoms with Crippen LogP contribution in [0.25, 0.3) is 33.4 Å². The number of rotatable bonds is 18. The quantitative estimate of drug-likeness (QED) is 0.0769. The Morgan fingerprint density at radius 1 is 0.567 bits per heavy atom. The number of benzene rings is 4. The third-order valence-electron chi connectivity index (χ3n) is 13.2. The number of allylic oxidation sites excluding steroid dienone is 4. The fourth-order valence-corrected chi connectivity index (χ4v) is 18.8. The van der Waals surface area contributed by atoms with Crippen molar-refractivity contribution in [3.63, 3.8) is 0 Å². The summed E-state index contributed by atoms with van der Waals surface area (Å²) in [7, 11) is 0. The van der Waals surface area contributed by atoms with Crippen LogP contribution in [0.5, 0.6) is 0 Å². The van der Waals surface area contributed by atoms with Crippen LogP contribution in [-0.2, 0) is 38.5 Å².